The first-order valence-corrected chi connectivity index (χ1v) is 11.3. The molecular formula is C21H27N3O3S. The molecule has 2 aromatic carbocycles. The molecule has 3 rings (SSSR count). The predicted octanol–water partition coefficient (Wildman–Crippen LogP) is 2.11. The number of nitrogens with zero attached hydrogens (tertiary/aromatic N) is 3. The minimum atomic E-state index is -3.49. The van der Waals surface area contributed by atoms with Crippen molar-refractivity contribution in [3.8, 4) is 0 Å². The zero-order chi connectivity index (χ0) is 20.1. The van der Waals surface area contributed by atoms with Crippen LogP contribution in [0.4, 0.5) is 5.69 Å². The molecule has 0 atom stereocenters. The summed E-state index contributed by atoms with van der Waals surface area (Å²) in [6.07, 6.45) is 1.15. The van der Waals surface area contributed by atoms with Crippen molar-refractivity contribution in [1.82, 2.24) is 9.21 Å². The zero-order valence-corrected chi connectivity index (χ0v) is 17.2. The van der Waals surface area contributed by atoms with E-state index in [1.807, 2.05) is 49.4 Å². The van der Waals surface area contributed by atoms with Crippen molar-refractivity contribution in [2.24, 2.45) is 0 Å². The maximum atomic E-state index is 12.7. The SMILES string of the molecule is Cc1ccc(CN(CC(=O)N2CCN(c3ccccc3)CC2)S(C)(=O)=O)cc1. The van der Waals surface area contributed by atoms with Gasteiger partial charge in [0.2, 0.25) is 15.9 Å². The lowest BCUT2D eigenvalue weighted by Crippen LogP contribution is -2.51. The molecule has 28 heavy (non-hydrogen) atoms. The Bertz CT molecular complexity index is 890. The minimum Gasteiger partial charge on any atom is -0.368 e. The number of amides is 1. The highest BCUT2D eigenvalue weighted by atomic mass is 32.2. The summed E-state index contributed by atoms with van der Waals surface area (Å²) < 4.78 is 25.7. The van der Waals surface area contributed by atoms with Crippen molar-refractivity contribution in [1.29, 1.82) is 0 Å². The lowest BCUT2D eigenvalue weighted by atomic mass is 10.1. The van der Waals surface area contributed by atoms with Gasteiger partial charge in [-0.3, -0.25) is 4.79 Å². The maximum Gasteiger partial charge on any atom is 0.238 e. The molecule has 7 heteroatoms. The molecule has 1 fully saturated rings. The van der Waals surface area contributed by atoms with Gasteiger partial charge in [-0.05, 0) is 24.6 Å². The summed E-state index contributed by atoms with van der Waals surface area (Å²) in [6, 6.07) is 17.8. The van der Waals surface area contributed by atoms with Gasteiger partial charge in [-0.1, -0.05) is 48.0 Å². The van der Waals surface area contributed by atoms with Gasteiger partial charge in [-0.2, -0.15) is 4.31 Å². The first kappa shape index (κ1) is 20.4. The van der Waals surface area contributed by atoms with Crippen LogP contribution in [0.25, 0.3) is 0 Å². The van der Waals surface area contributed by atoms with Crippen molar-refractivity contribution in [3.63, 3.8) is 0 Å². The summed E-state index contributed by atoms with van der Waals surface area (Å²) in [6.45, 7) is 4.73. The molecule has 0 radical (unpaired) electrons. The Hall–Kier alpha value is -2.38. The van der Waals surface area contributed by atoms with E-state index in [4.69, 9.17) is 0 Å². The van der Waals surface area contributed by atoms with E-state index < -0.39 is 10.0 Å². The molecule has 0 saturated carbocycles. The Morgan fingerprint density at radius 3 is 2.14 bits per heavy atom. The number of benzene rings is 2. The van der Waals surface area contributed by atoms with E-state index in [1.165, 1.54) is 4.31 Å². The standard InChI is InChI=1S/C21H27N3O3S/c1-18-8-10-19(11-9-18)16-24(28(2,26)27)17-21(25)23-14-12-22(13-15-23)20-6-4-3-5-7-20/h3-11H,12-17H2,1-2H3. The number of hydrogen-bond donors (Lipinski definition) is 0. The lowest BCUT2D eigenvalue weighted by Gasteiger charge is -2.36. The molecule has 0 unspecified atom stereocenters. The van der Waals surface area contributed by atoms with E-state index >= 15 is 0 Å². The van der Waals surface area contributed by atoms with Crippen LogP contribution in [-0.4, -0.2) is 62.5 Å². The predicted molar refractivity (Wildman–Crippen MR) is 112 cm³/mol. The third-order valence-corrected chi connectivity index (χ3v) is 6.21. The molecule has 1 heterocycles. The fourth-order valence-electron chi connectivity index (χ4n) is 3.29. The summed E-state index contributed by atoms with van der Waals surface area (Å²) in [7, 11) is -3.49. The topological polar surface area (TPSA) is 60.9 Å². The average Bonchev–Trinajstić information content (AvgIpc) is 2.69. The Kier molecular flexibility index (Phi) is 6.36. The second-order valence-corrected chi connectivity index (χ2v) is 9.20. The number of piperazine rings is 1. The van der Waals surface area contributed by atoms with Gasteiger partial charge in [0.15, 0.2) is 0 Å². The van der Waals surface area contributed by atoms with Gasteiger partial charge in [0.05, 0.1) is 12.8 Å². The normalized spacial score (nSPS) is 15.1. The van der Waals surface area contributed by atoms with Crippen LogP contribution in [0.5, 0.6) is 0 Å². The quantitative estimate of drug-likeness (QED) is 0.744. The van der Waals surface area contributed by atoms with Crippen LogP contribution in [0, 0.1) is 6.92 Å². The van der Waals surface area contributed by atoms with Crippen LogP contribution in [-0.2, 0) is 21.4 Å². The van der Waals surface area contributed by atoms with Gasteiger partial charge >= 0.3 is 0 Å². The van der Waals surface area contributed by atoms with E-state index in [0.717, 1.165) is 36.2 Å². The van der Waals surface area contributed by atoms with E-state index in [-0.39, 0.29) is 19.0 Å². The van der Waals surface area contributed by atoms with E-state index in [9.17, 15) is 13.2 Å². The molecule has 1 aliphatic rings. The van der Waals surface area contributed by atoms with Crippen LogP contribution in [0.3, 0.4) is 0 Å². The monoisotopic (exact) mass is 401 g/mol. The van der Waals surface area contributed by atoms with E-state index in [2.05, 4.69) is 17.0 Å². The van der Waals surface area contributed by atoms with Crippen LogP contribution in [0.15, 0.2) is 54.6 Å². The average molecular weight is 402 g/mol. The Balaban J connectivity index is 1.60. The van der Waals surface area contributed by atoms with Crippen LogP contribution in [0.1, 0.15) is 11.1 Å². The molecule has 0 N–H and O–H groups in total. The van der Waals surface area contributed by atoms with Crippen molar-refractivity contribution < 1.29 is 13.2 Å². The van der Waals surface area contributed by atoms with Crippen LogP contribution in [0.2, 0.25) is 0 Å². The van der Waals surface area contributed by atoms with Crippen LogP contribution >= 0.6 is 0 Å². The van der Waals surface area contributed by atoms with Crippen molar-refractivity contribution >= 4 is 21.6 Å². The fraction of sp³-hybridized carbons (Fsp3) is 0.381. The second-order valence-electron chi connectivity index (χ2n) is 7.22. The molecule has 150 valence electrons. The molecule has 1 amide bonds. The first-order valence-electron chi connectivity index (χ1n) is 9.41. The van der Waals surface area contributed by atoms with Crippen LogP contribution < -0.4 is 4.90 Å². The van der Waals surface area contributed by atoms with E-state index in [0.29, 0.717) is 13.1 Å². The van der Waals surface area contributed by atoms with E-state index in [1.54, 1.807) is 4.90 Å². The Labute approximate surface area is 167 Å². The summed E-state index contributed by atoms with van der Waals surface area (Å²) >= 11 is 0. The molecule has 1 saturated heterocycles. The van der Waals surface area contributed by atoms with Gasteiger partial charge in [0.25, 0.3) is 0 Å². The molecule has 1 aliphatic heterocycles. The van der Waals surface area contributed by atoms with Gasteiger partial charge in [0.1, 0.15) is 0 Å². The van der Waals surface area contributed by atoms with Crippen molar-refractivity contribution in [2.75, 3.05) is 43.9 Å². The Morgan fingerprint density at radius 2 is 1.57 bits per heavy atom. The number of anilines is 1. The smallest absolute Gasteiger partial charge is 0.238 e. The molecular weight excluding hydrogens is 374 g/mol. The van der Waals surface area contributed by atoms with Gasteiger partial charge in [-0.15, -0.1) is 0 Å². The number of sulfonamides is 1. The number of rotatable bonds is 6. The van der Waals surface area contributed by atoms with Gasteiger partial charge in [0, 0.05) is 38.4 Å². The van der Waals surface area contributed by atoms with Gasteiger partial charge < -0.3 is 9.80 Å². The molecule has 2 aromatic rings. The first-order chi connectivity index (χ1) is 13.3. The highest BCUT2D eigenvalue weighted by molar-refractivity contribution is 7.88. The molecule has 0 aliphatic carbocycles. The van der Waals surface area contributed by atoms with Crippen molar-refractivity contribution in [3.05, 3.63) is 65.7 Å². The third-order valence-electron chi connectivity index (χ3n) is 5.01. The summed E-state index contributed by atoms with van der Waals surface area (Å²) in [5.41, 5.74) is 3.13. The molecule has 6 nitrogen and oxygen atoms in total. The summed E-state index contributed by atoms with van der Waals surface area (Å²) in [5, 5.41) is 0. The largest absolute Gasteiger partial charge is 0.368 e. The number of carbonyl (C=O) groups excluding carboxylic acids is 1. The minimum absolute atomic E-state index is 0.127. The molecule has 0 aromatic heterocycles. The summed E-state index contributed by atoms with van der Waals surface area (Å²) in [4.78, 5) is 16.7. The Morgan fingerprint density at radius 1 is 0.964 bits per heavy atom. The lowest BCUT2D eigenvalue weighted by molar-refractivity contribution is -0.131. The molecule has 0 bridgehead atoms. The van der Waals surface area contributed by atoms with Crippen molar-refractivity contribution in [2.45, 2.75) is 13.5 Å². The fourth-order valence-corrected chi connectivity index (χ4v) is 4.02. The number of para-hydroxylation sites is 1. The van der Waals surface area contributed by atoms with Gasteiger partial charge in [-0.25, -0.2) is 8.42 Å². The highest BCUT2D eigenvalue weighted by Gasteiger charge is 2.26. The maximum absolute atomic E-state index is 12.7. The third kappa shape index (κ3) is 5.33. The number of carbonyl (C=O) groups is 1. The number of aryl methyl sites for hydroxylation is 1. The highest BCUT2D eigenvalue weighted by Crippen LogP contribution is 2.16. The number of hydrogen-bond acceptors (Lipinski definition) is 4. The second kappa shape index (κ2) is 8.75. The summed E-state index contributed by atoms with van der Waals surface area (Å²) in [5.74, 6) is -0.148. The molecule has 0 spiro atoms. The zero-order valence-electron chi connectivity index (χ0n) is 16.4.